The van der Waals surface area contributed by atoms with Crippen molar-refractivity contribution in [3.05, 3.63) is 64.9 Å². The molecular weight excluding hydrogens is 337 g/mol. The van der Waals surface area contributed by atoms with Crippen molar-refractivity contribution >= 4 is 62.7 Å². The van der Waals surface area contributed by atoms with Crippen LogP contribution in [0.1, 0.15) is 0 Å². The fraction of sp³-hybridized carbons (Fsp3) is 0. The normalized spacial score (nSPS) is 10.5. The summed E-state index contributed by atoms with van der Waals surface area (Å²) in [7, 11) is 0. The summed E-state index contributed by atoms with van der Waals surface area (Å²) in [5, 5.41) is 9.85. The Labute approximate surface area is 143 Å². The van der Waals surface area contributed by atoms with E-state index in [1.165, 1.54) is 0 Å². The molecule has 0 aliphatic carbocycles. The molecule has 22 heavy (non-hydrogen) atoms. The quantitative estimate of drug-likeness (QED) is 0.612. The van der Waals surface area contributed by atoms with Gasteiger partial charge < -0.3 is 10.6 Å². The number of pyridine rings is 1. The monoisotopic (exact) mass is 347 g/mol. The molecule has 3 nitrogen and oxygen atoms in total. The van der Waals surface area contributed by atoms with Crippen molar-refractivity contribution in [2.75, 3.05) is 10.6 Å². The predicted octanol–water partition coefficient (Wildman–Crippen LogP) is 5.35. The Morgan fingerprint density at radius 2 is 1.82 bits per heavy atom. The van der Waals surface area contributed by atoms with Gasteiger partial charge in [0.25, 0.3) is 0 Å². The molecule has 0 aliphatic heterocycles. The van der Waals surface area contributed by atoms with E-state index >= 15 is 0 Å². The Balaban J connectivity index is 1.83. The lowest BCUT2D eigenvalue weighted by atomic mass is 10.1. The summed E-state index contributed by atoms with van der Waals surface area (Å²) in [6.45, 7) is 0. The average Bonchev–Trinajstić information content (AvgIpc) is 2.51. The van der Waals surface area contributed by atoms with Gasteiger partial charge in [0.1, 0.15) is 0 Å². The highest BCUT2D eigenvalue weighted by Crippen LogP contribution is 2.26. The molecule has 6 heteroatoms. The molecule has 0 saturated heterocycles. The number of halogens is 2. The lowest BCUT2D eigenvalue weighted by molar-refractivity contribution is 1.36. The molecule has 0 fully saturated rings. The summed E-state index contributed by atoms with van der Waals surface area (Å²) in [5.74, 6) is 0. The molecule has 0 saturated carbocycles. The number of rotatable bonds is 2. The molecule has 0 spiro atoms. The molecule has 0 bridgehead atoms. The molecule has 0 atom stereocenters. The SMILES string of the molecule is S=C(Nc1cc(Cl)ccc1Cl)Nc1cccc2ccncc12. The third-order valence-electron chi connectivity index (χ3n) is 3.11. The second kappa shape index (κ2) is 6.48. The van der Waals surface area contributed by atoms with E-state index in [0.29, 0.717) is 20.8 Å². The van der Waals surface area contributed by atoms with Crippen molar-refractivity contribution in [2.45, 2.75) is 0 Å². The number of anilines is 2. The van der Waals surface area contributed by atoms with Gasteiger partial charge in [0, 0.05) is 28.5 Å². The fourth-order valence-electron chi connectivity index (χ4n) is 2.09. The van der Waals surface area contributed by atoms with E-state index in [1.807, 2.05) is 24.3 Å². The van der Waals surface area contributed by atoms with Crippen molar-refractivity contribution in [2.24, 2.45) is 0 Å². The van der Waals surface area contributed by atoms with E-state index in [1.54, 1.807) is 30.6 Å². The lowest BCUT2D eigenvalue weighted by Crippen LogP contribution is -2.19. The fourth-order valence-corrected chi connectivity index (χ4v) is 2.65. The standard InChI is InChI=1S/C16H11Cl2N3S/c17-11-4-5-13(18)15(8-11)21-16(22)20-14-3-1-2-10-6-7-19-9-12(10)14/h1-9H,(H2,20,21,22). The third-order valence-corrected chi connectivity index (χ3v) is 3.88. The molecule has 0 aliphatic rings. The number of thiocarbonyl (C=S) groups is 1. The maximum Gasteiger partial charge on any atom is 0.175 e. The van der Waals surface area contributed by atoms with Gasteiger partial charge in [-0.25, -0.2) is 0 Å². The summed E-state index contributed by atoms with van der Waals surface area (Å²) in [6.07, 6.45) is 3.56. The first-order chi connectivity index (χ1) is 10.6. The highest BCUT2D eigenvalue weighted by atomic mass is 35.5. The molecular formula is C16H11Cl2N3S. The molecule has 3 aromatic rings. The van der Waals surface area contributed by atoms with E-state index < -0.39 is 0 Å². The van der Waals surface area contributed by atoms with Crippen LogP contribution >= 0.6 is 35.4 Å². The predicted molar refractivity (Wildman–Crippen MR) is 98.0 cm³/mol. The van der Waals surface area contributed by atoms with Crippen LogP contribution in [0.15, 0.2) is 54.9 Å². The average molecular weight is 348 g/mol. The first-order valence-corrected chi connectivity index (χ1v) is 7.66. The minimum absolute atomic E-state index is 0.431. The van der Waals surface area contributed by atoms with Crippen LogP contribution in [0.5, 0.6) is 0 Å². The van der Waals surface area contributed by atoms with Gasteiger partial charge in [-0.15, -0.1) is 0 Å². The van der Waals surface area contributed by atoms with Gasteiger partial charge in [-0.3, -0.25) is 4.98 Å². The van der Waals surface area contributed by atoms with Crippen LogP contribution in [0.2, 0.25) is 10.0 Å². The molecule has 0 amide bonds. The molecule has 1 heterocycles. The Morgan fingerprint density at radius 3 is 2.68 bits per heavy atom. The van der Waals surface area contributed by atoms with Gasteiger partial charge in [-0.05, 0) is 47.9 Å². The zero-order valence-electron chi connectivity index (χ0n) is 11.3. The van der Waals surface area contributed by atoms with E-state index in [4.69, 9.17) is 35.4 Å². The Hall–Kier alpha value is -1.88. The number of nitrogens with zero attached hydrogens (tertiary/aromatic N) is 1. The van der Waals surface area contributed by atoms with Crippen LogP contribution in [-0.4, -0.2) is 10.1 Å². The Kier molecular flexibility index (Phi) is 4.43. The van der Waals surface area contributed by atoms with Crippen LogP contribution in [0.3, 0.4) is 0 Å². The Morgan fingerprint density at radius 1 is 1.00 bits per heavy atom. The zero-order chi connectivity index (χ0) is 15.5. The highest BCUT2D eigenvalue weighted by Gasteiger charge is 2.06. The van der Waals surface area contributed by atoms with Crippen LogP contribution in [0.4, 0.5) is 11.4 Å². The number of fused-ring (bicyclic) bond motifs is 1. The number of aromatic nitrogens is 1. The molecule has 1 aromatic heterocycles. The van der Waals surface area contributed by atoms with Crippen LogP contribution in [0.25, 0.3) is 10.8 Å². The second-order valence-electron chi connectivity index (χ2n) is 4.61. The largest absolute Gasteiger partial charge is 0.332 e. The molecule has 2 N–H and O–H groups in total. The summed E-state index contributed by atoms with van der Waals surface area (Å²) in [4.78, 5) is 4.15. The molecule has 0 unspecified atom stereocenters. The summed E-state index contributed by atoms with van der Waals surface area (Å²) < 4.78 is 0. The van der Waals surface area contributed by atoms with Crippen molar-refractivity contribution in [3.63, 3.8) is 0 Å². The van der Waals surface area contributed by atoms with E-state index in [-0.39, 0.29) is 0 Å². The number of hydrogen-bond acceptors (Lipinski definition) is 2. The highest BCUT2D eigenvalue weighted by molar-refractivity contribution is 7.80. The van der Waals surface area contributed by atoms with Crippen LogP contribution in [-0.2, 0) is 0 Å². The topological polar surface area (TPSA) is 37.0 Å². The van der Waals surface area contributed by atoms with Gasteiger partial charge in [0.15, 0.2) is 5.11 Å². The van der Waals surface area contributed by atoms with Crippen molar-refractivity contribution < 1.29 is 0 Å². The van der Waals surface area contributed by atoms with Crippen LogP contribution in [0, 0.1) is 0 Å². The maximum atomic E-state index is 6.12. The van der Waals surface area contributed by atoms with Gasteiger partial charge in [-0.1, -0.05) is 35.3 Å². The van der Waals surface area contributed by atoms with Gasteiger partial charge >= 0.3 is 0 Å². The van der Waals surface area contributed by atoms with Gasteiger partial charge in [-0.2, -0.15) is 0 Å². The van der Waals surface area contributed by atoms with Gasteiger partial charge in [0.2, 0.25) is 0 Å². The van der Waals surface area contributed by atoms with Crippen molar-refractivity contribution in [1.29, 1.82) is 0 Å². The zero-order valence-corrected chi connectivity index (χ0v) is 13.6. The van der Waals surface area contributed by atoms with Crippen molar-refractivity contribution in [1.82, 2.24) is 4.98 Å². The molecule has 110 valence electrons. The van der Waals surface area contributed by atoms with E-state index in [2.05, 4.69) is 15.6 Å². The first-order valence-electron chi connectivity index (χ1n) is 6.49. The summed E-state index contributed by atoms with van der Waals surface area (Å²) >= 11 is 17.4. The smallest absolute Gasteiger partial charge is 0.175 e. The summed E-state index contributed by atoms with van der Waals surface area (Å²) in [5.41, 5.74) is 1.53. The van der Waals surface area contributed by atoms with Crippen molar-refractivity contribution in [3.8, 4) is 0 Å². The molecule has 0 radical (unpaired) electrons. The molecule has 3 rings (SSSR count). The second-order valence-corrected chi connectivity index (χ2v) is 5.86. The van der Waals surface area contributed by atoms with E-state index in [9.17, 15) is 0 Å². The van der Waals surface area contributed by atoms with Gasteiger partial charge in [0.05, 0.1) is 10.7 Å². The maximum absolute atomic E-state index is 6.12. The minimum Gasteiger partial charge on any atom is -0.332 e. The Bertz CT molecular complexity index is 846. The number of benzene rings is 2. The first kappa shape index (κ1) is 15.0. The minimum atomic E-state index is 0.431. The third kappa shape index (κ3) is 3.30. The summed E-state index contributed by atoms with van der Waals surface area (Å²) in [6, 6.07) is 13.0. The molecule has 2 aromatic carbocycles. The number of hydrogen-bond donors (Lipinski definition) is 2. The van der Waals surface area contributed by atoms with E-state index in [0.717, 1.165) is 16.5 Å². The number of nitrogens with one attached hydrogen (secondary N) is 2. The lowest BCUT2D eigenvalue weighted by Gasteiger charge is -2.13. The van der Waals surface area contributed by atoms with Crippen LogP contribution < -0.4 is 10.6 Å².